The van der Waals surface area contributed by atoms with Crippen LogP contribution in [0, 0.1) is 6.92 Å². The van der Waals surface area contributed by atoms with Gasteiger partial charge in [-0.3, -0.25) is 9.71 Å². The van der Waals surface area contributed by atoms with Gasteiger partial charge in [0.25, 0.3) is 10.0 Å². The van der Waals surface area contributed by atoms with E-state index in [0.29, 0.717) is 5.82 Å². The van der Waals surface area contributed by atoms with Crippen LogP contribution >= 0.6 is 0 Å². The Hall–Kier alpha value is -2.60. The fraction of sp³-hybridized carbons (Fsp3) is 0.0625. The van der Waals surface area contributed by atoms with E-state index < -0.39 is 10.0 Å². The summed E-state index contributed by atoms with van der Waals surface area (Å²) in [5.74, 6) is 0.493. The number of aryl methyl sites for hydroxylation is 1. The van der Waals surface area contributed by atoms with Crippen molar-refractivity contribution >= 4 is 15.8 Å². The summed E-state index contributed by atoms with van der Waals surface area (Å²) in [6.07, 6.45) is 3.34. The molecule has 0 fully saturated rings. The maximum atomic E-state index is 12.5. The Labute approximate surface area is 129 Å². The van der Waals surface area contributed by atoms with Crippen LogP contribution in [0.25, 0.3) is 5.69 Å². The lowest BCUT2D eigenvalue weighted by Crippen LogP contribution is -2.15. The standard InChI is InChI=1S/C16H15N3O2S/c1-13-7-8-16(19(13)14-9-11-17-12-10-14)18-22(20,21)15-5-3-2-4-6-15/h2-12,18H,1H3. The summed E-state index contributed by atoms with van der Waals surface area (Å²) in [6, 6.07) is 15.6. The molecule has 3 aromatic rings. The second kappa shape index (κ2) is 5.65. The number of benzene rings is 1. The van der Waals surface area contributed by atoms with E-state index in [-0.39, 0.29) is 4.90 Å². The van der Waals surface area contributed by atoms with Gasteiger partial charge in [-0.1, -0.05) is 18.2 Å². The highest BCUT2D eigenvalue weighted by Gasteiger charge is 2.17. The SMILES string of the molecule is Cc1ccc(NS(=O)(=O)c2ccccc2)n1-c1ccncc1. The van der Waals surface area contributed by atoms with E-state index in [2.05, 4.69) is 9.71 Å². The van der Waals surface area contributed by atoms with Gasteiger partial charge in [-0.15, -0.1) is 0 Å². The molecule has 0 bridgehead atoms. The van der Waals surface area contributed by atoms with Crippen LogP contribution in [0.1, 0.15) is 5.69 Å². The number of nitrogens with one attached hydrogen (secondary N) is 1. The molecule has 0 spiro atoms. The van der Waals surface area contributed by atoms with Gasteiger partial charge in [0, 0.05) is 18.1 Å². The number of hydrogen-bond donors (Lipinski definition) is 1. The van der Waals surface area contributed by atoms with E-state index in [1.807, 2.05) is 29.7 Å². The zero-order chi connectivity index (χ0) is 15.6. The first-order chi connectivity index (χ1) is 10.6. The highest BCUT2D eigenvalue weighted by molar-refractivity contribution is 7.92. The Balaban J connectivity index is 2.01. The first-order valence-corrected chi connectivity index (χ1v) is 8.23. The van der Waals surface area contributed by atoms with Crippen LogP contribution in [-0.4, -0.2) is 18.0 Å². The Morgan fingerprint density at radius 3 is 2.32 bits per heavy atom. The average molecular weight is 313 g/mol. The van der Waals surface area contributed by atoms with Gasteiger partial charge in [-0.2, -0.15) is 0 Å². The number of sulfonamides is 1. The van der Waals surface area contributed by atoms with E-state index >= 15 is 0 Å². The predicted octanol–water partition coefficient (Wildman–Crippen LogP) is 2.98. The monoisotopic (exact) mass is 313 g/mol. The van der Waals surface area contributed by atoms with Gasteiger partial charge in [0.1, 0.15) is 5.82 Å². The molecular formula is C16H15N3O2S. The van der Waals surface area contributed by atoms with Gasteiger partial charge >= 0.3 is 0 Å². The lowest BCUT2D eigenvalue weighted by atomic mass is 10.4. The van der Waals surface area contributed by atoms with E-state index in [1.165, 1.54) is 0 Å². The van der Waals surface area contributed by atoms with Crippen LogP contribution in [0.5, 0.6) is 0 Å². The number of anilines is 1. The number of aromatic nitrogens is 2. The number of nitrogens with zero attached hydrogens (tertiary/aromatic N) is 2. The molecule has 3 rings (SSSR count). The summed E-state index contributed by atoms with van der Waals surface area (Å²) in [4.78, 5) is 4.22. The third-order valence-corrected chi connectivity index (χ3v) is 4.66. The normalized spacial score (nSPS) is 11.3. The van der Waals surface area contributed by atoms with Gasteiger partial charge in [-0.05, 0) is 43.3 Å². The minimum absolute atomic E-state index is 0.232. The average Bonchev–Trinajstić information content (AvgIpc) is 2.89. The van der Waals surface area contributed by atoms with Crippen molar-refractivity contribution in [1.82, 2.24) is 9.55 Å². The second-order valence-electron chi connectivity index (χ2n) is 4.82. The molecule has 0 atom stereocenters. The number of rotatable bonds is 4. The van der Waals surface area contributed by atoms with E-state index in [9.17, 15) is 8.42 Å². The minimum Gasteiger partial charge on any atom is -0.300 e. The molecule has 1 N–H and O–H groups in total. The summed E-state index contributed by atoms with van der Waals surface area (Å²) in [6.45, 7) is 1.92. The van der Waals surface area contributed by atoms with Crippen LogP contribution < -0.4 is 4.72 Å². The first kappa shape index (κ1) is 14.3. The van der Waals surface area contributed by atoms with Crippen LogP contribution in [0.2, 0.25) is 0 Å². The van der Waals surface area contributed by atoms with Crippen molar-refractivity contribution in [3.8, 4) is 5.69 Å². The molecule has 0 saturated heterocycles. The molecule has 6 heteroatoms. The molecule has 0 aliphatic heterocycles. The molecule has 0 radical (unpaired) electrons. The van der Waals surface area contributed by atoms with Crippen molar-refractivity contribution in [1.29, 1.82) is 0 Å². The molecule has 0 unspecified atom stereocenters. The molecule has 0 amide bonds. The van der Waals surface area contributed by atoms with E-state index in [0.717, 1.165) is 11.4 Å². The van der Waals surface area contributed by atoms with Crippen LogP contribution in [-0.2, 0) is 10.0 Å². The zero-order valence-electron chi connectivity index (χ0n) is 12.0. The van der Waals surface area contributed by atoms with Gasteiger partial charge in [0.2, 0.25) is 0 Å². The molecule has 1 aromatic carbocycles. The van der Waals surface area contributed by atoms with Crippen LogP contribution in [0.15, 0.2) is 71.9 Å². The summed E-state index contributed by atoms with van der Waals surface area (Å²) >= 11 is 0. The number of hydrogen-bond acceptors (Lipinski definition) is 3. The molecule has 2 aromatic heterocycles. The van der Waals surface area contributed by atoms with Crippen molar-refractivity contribution < 1.29 is 8.42 Å². The van der Waals surface area contributed by atoms with Crippen molar-refractivity contribution in [3.63, 3.8) is 0 Å². The first-order valence-electron chi connectivity index (χ1n) is 6.74. The summed E-state index contributed by atoms with van der Waals surface area (Å²) in [5.41, 5.74) is 1.78. The molecular weight excluding hydrogens is 298 g/mol. The molecule has 0 aliphatic rings. The Kier molecular flexibility index (Phi) is 3.68. The molecule has 0 saturated carbocycles. The van der Waals surface area contributed by atoms with E-state index in [1.54, 1.807) is 48.8 Å². The van der Waals surface area contributed by atoms with Crippen molar-refractivity contribution in [3.05, 3.63) is 72.7 Å². The maximum absolute atomic E-state index is 12.5. The van der Waals surface area contributed by atoms with Crippen LogP contribution in [0.3, 0.4) is 0 Å². The largest absolute Gasteiger partial charge is 0.300 e. The molecule has 2 heterocycles. The molecule has 22 heavy (non-hydrogen) atoms. The third-order valence-electron chi connectivity index (χ3n) is 3.29. The fourth-order valence-electron chi connectivity index (χ4n) is 2.25. The predicted molar refractivity (Wildman–Crippen MR) is 85.6 cm³/mol. The summed E-state index contributed by atoms with van der Waals surface area (Å²) in [7, 11) is -3.62. The van der Waals surface area contributed by atoms with Crippen molar-refractivity contribution in [2.24, 2.45) is 0 Å². The van der Waals surface area contributed by atoms with Crippen molar-refractivity contribution in [2.45, 2.75) is 11.8 Å². The van der Waals surface area contributed by atoms with Gasteiger partial charge in [0.15, 0.2) is 0 Å². The van der Waals surface area contributed by atoms with Crippen LogP contribution in [0.4, 0.5) is 5.82 Å². The smallest absolute Gasteiger partial charge is 0.263 e. The quantitative estimate of drug-likeness (QED) is 0.805. The zero-order valence-corrected chi connectivity index (χ0v) is 12.8. The molecule has 0 aliphatic carbocycles. The Morgan fingerprint density at radius 2 is 1.64 bits per heavy atom. The maximum Gasteiger partial charge on any atom is 0.263 e. The molecule has 5 nitrogen and oxygen atoms in total. The van der Waals surface area contributed by atoms with Crippen molar-refractivity contribution in [2.75, 3.05) is 4.72 Å². The summed E-state index contributed by atoms with van der Waals surface area (Å²) in [5, 5.41) is 0. The van der Waals surface area contributed by atoms with Gasteiger partial charge < -0.3 is 4.57 Å². The highest BCUT2D eigenvalue weighted by Crippen LogP contribution is 2.23. The van der Waals surface area contributed by atoms with E-state index in [4.69, 9.17) is 0 Å². The van der Waals surface area contributed by atoms with Gasteiger partial charge in [0.05, 0.1) is 10.6 Å². The Morgan fingerprint density at radius 1 is 0.955 bits per heavy atom. The fourth-order valence-corrected chi connectivity index (χ4v) is 3.32. The third kappa shape index (κ3) is 2.73. The lowest BCUT2D eigenvalue weighted by Gasteiger charge is -2.13. The second-order valence-corrected chi connectivity index (χ2v) is 6.50. The molecule has 112 valence electrons. The highest BCUT2D eigenvalue weighted by atomic mass is 32.2. The Bertz CT molecular complexity index is 872. The number of pyridine rings is 1. The topological polar surface area (TPSA) is 64.0 Å². The lowest BCUT2D eigenvalue weighted by molar-refractivity contribution is 0.601. The minimum atomic E-state index is -3.62. The summed E-state index contributed by atoms with van der Waals surface area (Å²) < 4.78 is 29.4. The van der Waals surface area contributed by atoms with Gasteiger partial charge in [-0.25, -0.2) is 8.42 Å².